The van der Waals surface area contributed by atoms with Crippen LogP contribution in [0.3, 0.4) is 0 Å². The van der Waals surface area contributed by atoms with Gasteiger partial charge in [-0.15, -0.1) is 17.9 Å². The molecule has 5 N–H and O–H groups in total. The number of hydrogen-bond donors (Lipinski definition) is 5. The van der Waals surface area contributed by atoms with Crippen LogP contribution in [0.2, 0.25) is 0 Å². The lowest BCUT2D eigenvalue weighted by molar-refractivity contribution is -0.143. The normalized spacial score (nSPS) is 19.1. The second kappa shape index (κ2) is 18.9. The Labute approximate surface area is 261 Å². The van der Waals surface area contributed by atoms with E-state index in [0.29, 0.717) is 24.9 Å². The minimum Gasteiger partial charge on any atom is -0.504 e. The van der Waals surface area contributed by atoms with Gasteiger partial charge in [-0.25, -0.2) is 19.2 Å². The fraction of sp³-hybridized carbons (Fsp3) is 0.571. The van der Waals surface area contributed by atoms with E-state index in [1.165, 1.54) is 32.2 Å². The number of esters is 2. The Morgan fingerprint density at radius 3 is 2.28 bits per heavy atom. The molecule has 12 nitrogen and oxygen atoms in total. The maximum atomic E-state index is 12.9. The molecule has 6 unspecified atom stereocenters. The van der Waals surface area contributed by atoms with Crippen LogP contribution in [0.1, 0.15) is 52.5 Å². The third kappa shape index (κ3) is 14.6. The Hall–Kier alpha value is -2.67. The number of carbonyl (C=O) groups excluding carboxylic acids is 4. The number of nitrogens with one attached hydrogen (secondary N) is 3. The zero-order chi connectivity index (χ0) is 32.1. The monoisotopic (exact) mass is 663 g/mol. The van der Waals surface area contributed by atoms with E-state index < -0.39 is 30.1 Å². The van der Waals surface area contributed by atoms with Gasteiger partial charge in [-0.1, -0.05) is 33.4 Å². The van der Waals surface area contributed by atoms with Crippen molar-refractivity contribution in [3.63, 3.8) is 0 Å². The maximum absolute atomic E-state index is 12.9. The molecule has 3 amide bonds. The van der Waals surface area contributed by atoms with Crippen LogP contribution in [-0.2, 0) is 30.2 Å². The number of urea groups is 1. The molecule has 43 heavy (non-hydrogen) atoms. The highest BCUT2D eigenvalue weighted by Gasteiger charge is 2.42. The van der Waals surface area contributed by atoms with Crippen LogP contribution in [0.4, 0.5) is 9.59 Å². The molecule has 0 spiro atoms. The van der Waals surface area contributed by atoms with Gasteiger partial charge in [-0.3, -0.25) is 0 Å². The number of benzene rings is 1. The lowest BCUT2D eigenvalue weighted by Crippen LogP contribution is -2.54. The van der Waals surface area contributed by atoms with Gasteiger partial charge in [0, 0.05) is 24.6 Å². The van der Waals surface area contributed by atoms with Gasteiger partial charge < -0.3 is 40.4 Å². The average molecular weight is 664 g/mol. The zero-order valence-corrected chi connectivity index (χ0v) is 29.4. The quantitative estimate of drug-likeness (QED) is 0.0592. The smallest absolute Gasteiger partial charge is 0.407 e. The fourth-order valence-electron chi connectivity index (χ4n) is 5.25. The molecule has 6 atom stereocenters. The van der Waals surface area contributed by atoms with Crippen LogP contribution >= 0.6 is 27.8 Å². The van der Waals surface area contributed by atoms with E-state index in [1.807, 2.05) is 6.92 Å². The molecule has 2 rings (SSSR count). The first-order valence-corrected chi connectivity index (χ1v) is 16.0. The van der Waals surface area contributed by atoms with Crippen LogP contribution in [0.25, 0.3) is 0 Å². The van der Waals surface area contributed by atoms with Gasteiger partial charge in [-0.2, -0.15) is 9.90 Å². The molecule has 1 saturated carbocycles. The Morgan fingerprint density at radius 1 is 1.07 bits per heavy atom. The minimum atomic E-state index is -1.02. The lowest BCUT2D eigenvalue weighted by atomic mass is 9.62. The first kappa shape index (κ1) is 40.3. The zero-order valence-electron chi connectivity index (χ0n) is 25.7. The van der Waals surface area contributed by atoms with Gasteiger partial charge in [-0.05, 0) is 54.7 Å². The van der Waals surface area contributed by atoms with E-state index >= 15 is 0 Å². The molecule has 1 aromatic rings. The number of ether oxygens (including phenoxy) is 3. The summed E-state index contributed by atoms with van der Waals surface area (Å²) in [6.07, 6.45) is 1.43. The van der Waals surface area contributed by atoms with Crippen molar-refractivity contribution < 1.29 is 43.6 Å². The van der Waals surface area contributed by atoms with Crippen molar-refractivity contribution in [3.8, 4) is 11.5 Å². The number of aromatic hydroxyl groups is 2. The summed E-state index contributed by atoms with van der Waals surface area (Å²) in [7, 11) is 5.88. The molecular formula is C28H48N3O9P3. The predicted octanol–water partition coefficient (Wildman–Crippen LogP) is 3.62. The maximum Gasteiger partial charge on any atom is 0.407 e. The summed E-state index contributed by atoms with van der Waals surface area (Å²) in [5.41, 5.74) is 0.256. The summed E-state index contributed by atoms with van der Waals surface area (Å²) in [5.74, 6) is -1.84. The molecule has 0 aromatic heterocycles. The van der Waals surface area contributed by atoms with Gasteiger partial charge in [0.2, 0.25) is 0 Å². The van der Waals surface area contributed by atoms with E-state index in [0.717, 1.165) is 6.42 Å². The number of amides is 3. The Kier molecular flexibility index (Phi) is 17.7. The molecule has 1 aliphatic rings. The second-order valence-electron chi connectivity index (χ2n) is 11.4. The van der Waals surface area contributed by atoms with Crippen LogP contribution in [0, 0.1) is 10.8 Å². The minimum absolute atomic E-state index is 0. The van der Waals surface area contributed by atoms with Gasteiger partial charge >= 0.3 is 24.1 Å². The molecule has 1 aliphatic carbocycles. The van der Waals surface area contributed by atoms with Crippen molar-refractivity contribution in [2.75, 3.05) is 26.9 Å². The van der Waals surface area contributed by atoms with E-state index in [-0.39, 0.29) is 63.5 Å². The molecule has 0 saturated heterocycles. The standard InChI is InChI=1S/C28H41N3O9.H4P2.H3P/c1-17(2)23(34)39-9-10-40-26(37)29-16-28(5)14-19(13-27(3,4)15-28)30-25(36)31-20(24(35)38-6)11-18-7-8-21(32)22(33)12-18;1-2;/h7-8,12,19-20,32-33H,1,9-11,13-16H2,2-6H3,(H,29,37)(H2,30,31,36);1-2H2;1H3. The Morgan fingerprint density at radius 2 is 1.70 bits per heavy atom. The fourth-order valence-corrected chi connectivity index (χ4v) is 5.25. The summed E-state index contributed by atoms with van der Waals surface area (Å²) in [6, 6.07) is 2.32. The Bertz CT molecular complexity index is 1120. The second-order valence-corrected chi connectivity index (χ2v) is 11.4. The third-order valence-electron chi connectivity index (χ3n) is 6.61. The van der Waals surface area contributed by atoms with Crippen molar-refractivity contribution in [2.45, 2.75) is 65.5 Å². The van der Waals surface area contributed by atoms with Crippen molar-refractivity contribution >= 4 is 51.8 Å². The van der Waals surface area contributed by atoms with Gasteiger partial charge in [0.25, 0.3) is 0 Å². The SMILES string of the molecule is C=C(C)C(=O)OCCOC(=O)NCC1(C)CC(NC(=O)NC(Cc2ccc(O)c(O)c2)C(=O)OC)CC(C)(C)C1.P.PP. The number of rotatable bonds is 11. The molecule has 1 aromatic carbocycles. The number of alkyl carbamates (subject to hydrolysis) is 1. The highest BCUT2D eigenvalue weighted by Crippen LogP contribution is 2.45. The lowest BCUT2D eigenvalue weighted by Gasteiger charge is -2.46. The number of phenolic OH excluding ortho intramolecular Hbond substituents is 2. The van der Waals surface area contributed by atoms with Gasteiger partial charge in [0.05, 0.1) is 7.11 Å². The third-order valence-corrected chi connectivity index (χ3v) is 6.61. The predicted molar refractivity (Wildman–Crippen MR) is 176 cm³/mol. The van der Waals surface area contributed by atoms with Crippen molar-refractivity contribution in [3.05, 3.63) is 35.9 Å². The number of carbonyl (C=O) groups is 4. The van der Waals surface area contributed by atoms with E-state index in [1.54, 1.807) is 0 Å². The molecule has 0 radical (unpaired) electrons. The first-order valence-electron chi connectivity index (χ1n) is 13.4. The molecule has 0 aliphatic heterocycles. The molecule has 0 heterocycles. The average Bonchev–Trinajstić information content (AvgIpc) is 2.91. The van der Waals surface area contributed by atoms with Gasteiger partial charge in [0.1, 0.15) is 19.3 Å². The van der Waals surface area contributed by atoms with Crippen molar-refractivity contribution in [2.24, 2.45) is 10.8 Å². The van der Waals surface area contributed by atoms with Crippen molar-refractivity contribution in [1.82, 2.24) is 16.0 Å². The van der Waals surface area contributed by atoms with E-state index in [2.05, 4.69) is 54.2 Å². The van der Waals surface area contributed by atoms with Crippen LogP contribution in [0.5, 0.6) is 11.5 Å². The number of hydrogen-bond acceptors (Lipinski definition) is 9. The van der Waals surface area contributed by atoms with E-state index in [4.69, 9.17) is 14.2 Å². The first-order chi connectivity index (χ1) is 19.6. The summed E-state index contributed by atoms with van der Waals surface area (Å²) >= 11 is 0. The molecular weight excluding hydrogens is 615 g/mol. The van der Waals surface area contributed by atoms with Crippen molar-refractivity contribution in [1.29, 1.82) is 0 Å². The van der Waals surface area contributed by atoms with E-state index in [9.17, 15) is 29.4 Å². The number of phenols is 2. The Balaban J connectivity index is 0.00000575. The van der Waals surface area contributed by atoms with Gasteiger partial charge in [0.15, 0.2) is 11.5 Å². The molecule has 15 heteroatoms. The summed E-state index contributed by atoms with van der Waals surface area (Å²) in [5, 5.41) is 27.6. The molecule has 244 valence electrons. The summed E-state index contributed by atoms with van der Waals surface area (Å²) < 4.78 is 14.8. The van der Waals surface area contributed by atoms with Crippen LogP contribution in [0.15, 0.2) is 30.4 Å². The highest BCUT2D eigenvalue weighted by atomic mass is 32.0. The summed E-state index contributed by atoms with van der Waals surface area (Å²) in [6.45, 7) is 11.3. The topological polar surface area (TPSA) is 173 Å². The summed E-state index contributed by atoms with van der Waals surface area (Å²) in [4.78, 5) is 48.9. The van der Waals surface area contributed by atoms with Crippen LogP contribution < -0.4 is 16.0 Å². The highest BCUT2D eigenvalue weighted by molar-refractivity contribution is 7.92. The number of methoxy groups -OCH3 is 1. The molecule has 1 fully saturated rings. The molecule has 0 bridgehead atoms. The largest absolute Gasteiger partial charge is 0.504 e. The van der Waals surface area contributed by atoms with Crippen LogP contribution in [-0.4, -0.2) is 73.2 Å².